The molecule has 146 valence electrons. The number of nitrogens with zero attached hydrogens (tertiary/aromatic N) is 1. The van der Waals surface area contributed by atoms with Crippen molar-refractivity contribution in [2.45, 2.75) is 77.9 Å². The maximum atomic E-state index is 11.1. The SMILES string of the molecule is Cc1cc(OC[C@@]2(O)CCCN(C3CCC(C)(C)CC3)C2)cc(C)c1Cl. The highest BCUT2D eigenvalue weighted by Gasteiger charge is 2.38. The van der Waals surface area contributed by atoms with E-state index in [1.165, 1.54) is 25.7 Å². The van der Waals surface area contributed by atoms with Crippen molar-refractivity contribution in [1.29, 1.82) is 0 Å². The Hall–Kier alpha value is -0.770. The molecule has 1 aromatic carbocycles. The van der Waals surface area contributed by atoms with E-state index in [4.69, 9.17) is 16.3 Å². The predicted octanol–water partition coefficient (Wildman–Crippen LogP) is 5.13. The Balaban J connectivity index is 1.59. The molecule has 3 rings (SSSR count). The van der Waals surface area contributed by atoms with Gasteiger partial charge in [0.15, 0.2) is 0 Å². The van der Waals surface area contributed by atoms with Gasteiger partial charge in [0, 0.05) is 17.6 Å². The summed E-state index contributed by atoms with van der Waals surface area (Å²) in [5.41, 5.74) is 1.76. The zero-order valence-electron chi connectivity index (χ0n) is 16.8. The van der Waals surface area contributed by atoms with Crippen LogP contribution >= 0.6 is 11.6 Å². The number of benzene rings is 1. The van der Waals surface area contributed by atoms with Gasteiger partial charge in [-0.25, -0.2) is 0 Å². The molecule has 1 atom stereocenters. The third-order valence-corrected chi connectivity index (χ3v) is 6.92. The summed E-state index contributed by atoms with van der Waals surface area (Å²) >= 11 is 6.24. The topological polar surface area (TPSA) is 32.7 Å². The third kappa shape index (κ3) is 4.74. The van der Waals surface area contributed by atoms with Crippen LogP contribution < -0.4 is 4.74 Å². The molecule has 1 N–H and O–H groups in total. The average Bonchev–Trinajstić information content (AvgIpc) is 2.58. The Labute approximate surface area is 163 Å². The van der Waals surface area contributed by atoms with E-state index in [9.17, 15) is 5.11 Å². The molecule has 0 unspecified atom stereocenters. The standard InChI is InChI=1S/C22H34ClNO2/c1-16-12-19(13-17(2)20(16)23)26-15-22(25)8-5-11-24(14-22)18-6-9-21(3,4)10-7-18/h12-13,18,25H,5-11,14-15H2,1-4H3/t22-/m1/s1. The third-order valence-electron chi connectivity index (χ3n) is 6.33. The van der Waals surface area contributed by atoms with Crippen molar-refractivity contribution < 1.29 is 9.84 Å². The Kier molecular flexibility index (Phi) is 5.91. The summed E-state index contributed by atoms with van der Waals surface area (Å²) in [6.07, 6.45) is 6.92. The molecule has 0 aromatic heterocycles. The Morgan fingerprint density at radius 1 is 1.15 bits per heavy atom. The van der Waals surface area contributed by atoms with Gasteiger partial charge >= 0.3 is 0 Å². The number of piperidine rings is 1. The molecular weight excluding hydrogens is 346 g/mol. The first-order valence-corrected chi connectivity index (χ1v) is 10.4. The maximum Gasteiger partial charge on any atom is 0.120 e. The lowest BCUT2D eigenvalue weighted by Crippen LogP contribution is -2.55. The minimum atomic E-state index is -0.757. The van der Waals surface area contributed by atoms with E-state index in [0.717, 1.165) is 47.8 Å². The number of halogens is 1. The lowest BCUT2D eigenvalue weighted by molar-refractivity contribution is -0.0761. The predicted molar refractivity (Wildman–Crippen MR) is 108 cm³/mol. The van der Waals surface area contributed by atoms with Gasteiger partial charge in [0.1, 0.15) is 18.0 Å². The maximum absolute atomic E-state index is 11.1. The van der Waals surface area contributed by atoms with Crippen molar-refractivity contribution in [3.8, 4) is 5.75 Å². The molecular formula is C22H34ClNO2. The number of aryl methyl sites for hydroxylation is 2. The number of hydrogen-bond acceptors (Lipinski definition) is 3. The van der Waals surface area contributed by atoms with E-state index in [-0.39, 0.29) is 0 Å². The fourth-order valence-electron chi connectivity index (χ4n) is 4.53. The number of hydrogen-bond donors (Lipinski definition) is 1. The molecule has 4 heteroatoms. The fraction of sp³-hybridized carbons (Fsp3) is 0.727. The second-order valence-corrected chi connectivity index (χ2v) is 9.73. The molecule has 0 radical (unpaired) electrons. The zero-order chi connectivity index (χ0) is 18.9. The van der Waals surface area contributed by atoms with Crippen LogP contribution in [0.1, 0.15) is 63.5 Å². The summed E-state index contributed by atoms with van der Waals surface area (Å²) in [7, 11) is 0. The van der Waals surface area contributed by atoms with Crippen LogP contribution in [0.4, 0.5) is 0 Å². The summed E-state index contributed by atoms with van der Waals surface area (Å²) in [4.78, 5) is 2.51. The average molecular weight is 380 g/mol. The number of aliphatic hydroxyl groups is 1. The van der Waals surface area contributed by atoms with Crippen LogP contribution in [0.2, 0.25) is 5.02 Å². The molecule has 2 aliphatic rings. The summed E-state index contributed by atoms with van der Waals surface area (Å²) < 4.78 is 6.00. The molecule has 3 nitrogen and oxygen atoms in total. The highest BCUT2D eigenvalue weighted by atomic mass is 35.5. The molecule has 1 aromatic rings. The van der Waals surface area contributed by atoms with E-state index in [0.29, 0.717) is 18.1 Å². The summed E-state index contributed by atoms with van der Waals surface area (Å²) in [5.74, 6) is 0.800. The summed E-state index contributed by atoms with van der Waals surface area (Å²) in [5, 5.41) is 11.9. The largest absolute Gasteiger partial charge is 0.491 e. The van der Waals surface area contributed by atoms with Crippen molar-refractivity contribution in [3.63, 3.8) is 0 Å². The van der Waals surface area contributed by atoms with Crippen LogP contribution in [0.3, 0.4) is 0 Å². The monoisotopic (exact) mass is 379 g/mol. The van der Waals surface area contributed by atoms with Crippen molar-refractivity contribution in [2.75, 3.05) is 19.7 Å². The van der Waals surface area contributed by atoms with Gasteiger partial charge in [-0.05, 0) is 87.6 Å². The molecule has 1 saturated heterocycles. The van der Waals surface area contributed by atoms with Gasteiger partial charge < -0.3 is 9.84 Å². The van der Waals surface area contributed by atoms with Crippen molar-refractivity contribution in [1.82, 2.24) is 4.90 Å². The fourth-order valence-corrected chi connectivity index (χ4v) is 4.64. The number of likely N-dealkylation sites (tertiary alicyclic amines) is 1. The van der Waals surface area contributed by atoms with Crippen LogP contribution in [-0.4, -0.2) is 41.3 Å². The zero-order valence-corrected chi connectivity index (χ0v) is 17.5. The minimum Gasteiger partial charge on any atom is -0.491 e. The number of β-amino-alcohol motifs (C(OH)–C–C–N with tert-alkyl or cyclic N) is 1. The normalized spacial score (nSPS) is 27.5. The highest BCUT2D eigenvalue weighted by molar-refractivity contribution is 6.32. The first-order chi connectivity index (χ1) is 12.2. The molecule has 1 saturated carbocycles. The van der Waals surface area contributed by atoms with Crippen LogP contribution in [0, 0.1) is 19.3 Å². The number of rotatable bonds is 4. The molecule has 0 amide bonds. The van der Waals surface area contributed by atoms with E-state index in [2.05, 4.69) is 18.7 Å². The minimum absolute atomic E-state index is 0.349. The van der Waals surface area contributed by atoms with Crippen molar-refractivity contribution in [2.24, 2.45) is 5.41 Å². The van der Waals surface area contributed by atoms with Crippen LogP contribution in [-0.2, 0) is 0 Å². The molecule has 2 fully saturated rings. The van der Waals surface area contributed by atoms with Gasteiger partial charge in [-0.2, -0.15) is 0 Å². The van der Waals surface area contributed by atoms with E-state index in [1.807, 2.05) is 26.0 Å². The quantitative estimate of drug-likeness (QED) is 0.786. The van der Waals surface area contributed by atoms with Gasteiger partial charge in [-0.3, -0.25) is 4.90 Å². The molecule has 0 bridgehead atoms. The first kappa shape index (κ1) is 20.0. The van der Waals surface area contributed by atoms with Gasteiger partial charge in [-0.1, -0.05) is 25.4 Å². The van der Waals surface area contributed by atoms with Crippen LogP contribution in [0.25, 0.3) is 0 Å². The molecule has 1 aliphatic carbocycles. The second-order valence-electron chi connectivity index (χ2n) is 9.35. The van der Waals surface area contributed by atoms with E-state index < -0.39 is 5.60 Å². The molecule has 0 spiro atoms. The van der Waals surface area contributed by atoms with Crippen molar-refractivity contribution in [3.05, 3.63) is 28.3 Å². The van der Waals surface area contributed by atoms with E-state index in [1.54, 1.807) is 0 Å². The van der Waals surface area contributed by atoms with Crippen molar-refractivity contribution >= 4 is 11.6 Å². The summed E-state index contributed by atoms with van der Waals surface area (Å²) in [6, 6.07) is 4.54. The molecule has 1 aliphatic heterocycles. The van der Waals surface area contributed by atoms with Gasteiger partial charge in [-0.15, -0.1) is 0 Å². The number of ether oxygens (including phenoxy) is 1. The molecule has 1 heterocycles. The smallest absolute Gasteiger partial charge is 0.120 e. The Morgan fingerprint density at radius 2 is 1.77 bits per heavy atom. The second kappa shape index (κ2) is 7.69. The van der Waals surface area contributed by atoms with Crippen LogP contribution in [0.15, 0.2) is 12.1 Å². The lowest BCUT2D eigenvalue weighted by Gasteiger charge is -2.46. The Morgan fingerprint density at radius 3 is 2.38 bits per heavy atom. The van der Waals surface area contributed by atoms with Gasteiger partial charge in [0.25, 0.3) is 0 Å². The Bertz CT molecular complexity index is 612. The summed E-state index contributed by atoms with van der Waals surface area (Å²) in [6.45, 7) is 10.9. The van der Waals surface area contributed by atoms with Crippen LogP contribution in [0.5, 0.6) is 5.75 Å². The first-order valence-electron chi connectivity index (χ1n) is 10.0. The van der Waals surface area contributed by atoms with Gasteiger partial charge in [0.05, 0.1) is 0 Å². The van der Waals surface area contributed by atoms with Gasteiger partial charge in [0.2, 0.25) is 0 Å². The highest BCUT2D eigenvalue weighted by Crippen LogP contribution is 2.38. The molecule has 26 heavy (non-hydrogen) atoms. The van der Waals surface area contributed by atoms with E-state index >= 15 is 0 Å². The lowest BCUT2D eigenvalue weighted by atomic mass is 9.74.